The minimum absolute atomic E-state index is 0.111. The van der Waals surface area contributed by atoms with Gasteiger partial charge in [-0.3, -0.25) is 9.58 Å². The maximum Gasteiger partial charge on any atom is 0.212 e. The quantitative estimate of drug-likeness (QED) is 0.791. The summed E-state index contributed by atoms with van der Waals surface area (Å²) >= 11 is 0. The van der Waals surface area contributed by atoms with Crippen molar-refractivity contribution >= 4 is 10.0 Å². The van der Waals surface area contributed by atoms with Crippen LogP contribution in [-0.4, -0.2) is 60.2 Å². The number of morpholine rings is 1. The van der Waals surface area contributed by atoms with E-state index in [1.807, 2.05) is 31.8 Å². The number of aromatic nitrogens is 2. The number of rotatable bonds is 6. The first-order chi connectivity index (χ1) is 12.7. The lowest BCUT2D eigenvalue weighted by Crippen LogP contribution is -2.64. The molecule has 8 heteroatoms. The van der Waals surface area contributed by atoms with Crippen molar-refractivity contribution in [2.75, 3.05) is 25.4 Å². The van der Waals surface area contributed by atoms with Gasteiger partial charge in [0.05, 0.1) is 30.2 Å². The third kappa shape index (κ3) is 4.91. The molecule has 7 nitrogen and oxygen atoms in total. The molecule has 1 aliphatic heterocycles. The first-order valence-electron chi connectivity index (χ1n) is 10.0. The first kappa shape index (κ1) is 20.8. The summed E-state index contributed by atoms with van der Waals surface area (Å²) in [5.74, 6) is 0.275. The molecule has 1 N–H and O–H groups in total. The summed E-state index contributed by atoms with van der Waals surface area (Å²) in [6, 6.07) is -0.146. The third-order valence-electron chi connectivity index (χ3n) is 5.87. The Labute approximate surface area is 163 Å². The van der Waals surface area contributed by atoms with E-state index < -0.39 is 15.6 Å². The van der Waals surface area contributed by atoms with Crippen LogP contribution in [0.3, 0.4) is 0 Å². The smallest absolute Gasteiger partial charge is 0.212 e. The Kier molecular flexibility index (Phi) is 6.30. The molecule has 1 spiro atoms. The number of hydrogen-bond donors (Lipinski definition) is 1. The molecule has 1 aliphatic carbocycles. The summed E-state index contributed by atoms with van der Waals surface area (Å²) in [6.45, 7) is 9.05. The van der Waals surface area contributed by atoms with Crippen LogP contribution in [0.4, 0.5) is 0 Å². The van der Waals surface area contributed by atoms with E-state index in [1.165, 1.54) is 11.3 Å². The normalized spacial score (nSPS) is 27.5. The van der Waals surface area contributed by atoms with Gasteiger partial charge in [-0.2, -0.15) is 5.10 Å². The SMILES string of the molecule is Cc1c(CN2CCO[C@]3(CCCC[C@@H]3NS(=O)(=O)CC(C)C)C2)cnn1C. The van der Waals surface area contributed by atoms with Gasteiger partial charge in [-0.15, -0.1) is 0 Å². The van der Waals surface area contributed by atoms with Crippen LogP contribution in [0, 0.1) is 12.8 Å². The third-order valence-corrected chi connectivity index (χ3v) is 7.62. The van der Waals surface area contributed by atoms with Crippen LogP contribution in [0.15, 0.2) is 6.20 Å². The zero-order valence-electron chi connectivity index (χ0n) is 17.1. The van der Waals surface area contributed by atoms with Crippen LogP contribution in [0.1, 0.15) is 50.8 Å². The Balaban J connectivity index is 1.74. The summed E-state index contributed by atoms with van der Waals surface area (Å²) in [7, 11) is -1.34. The molecule has 0 bridgehead atoms. The maximum absolute atomic E-state index is 12.6. The zero-order valence-corrected chi connectivity index (χ0v) is 17.9. The molecule has 2 heterocycles. The number of nitrogens with one attached hydrogen (secondary N) is 1. The molecule has 0 unspecified atom stereocenters. The lowest BCUT2D eigenvalue weighted by molar-refractivity contribution is -0.141. The van der Waals surface area contributed by atoms with Crippen molar-refractivity contribution < 1.29 is 13.2 Å². The fourth-order valence-corrected chi connectivity index (χ4v) is 6.14. The minimum atomic E-state index is -3.30. The number of ether oxygens (including phenoxy) is 1. The number of nitrogens with zero attached hydrogens (tertiary/aromatic N) is 3. The molecule has 1 saturated heterocycles. The summed E-state index contributed by atoms with van der Waals surface area (Å²) in [5.41, 5.74) is 1.98. The van der Waals surface area contributed by atoms with Crippen LogP contribution >= 0.6 is 0 Å². The van der Waals surface area contributed by atoms with Crippen molar-refractivity contribution in [3.8, 4) is 0 Å². The second-order valence-electron chi connectivity index (χ2n) is 8.59. The second-order valence-corrected chi connectivity index (χ2v) is 10.4. The van der Waals surface area contributed by atoms with Gasteiger partial charge in [0.15, 0.2) is 0 Å². The van der Waals surface area contributed by atoms with Crippen molar-refractivity contribution in [1.29, 1.82) is 0 Å². The monoisotopic (exact) mass is 398 g/mol. The van der Waals surface area contributed by atoms with Gasteiger partial charge in [0.25, 0.3) is 0 Å². The van der Waals surface area contributed by atoms with Crippen molar-refractivity contribution in [2.24, 2.45) is 13.0 Å². The van der Waals surface area contributed by atoms with Crippen LogP contribution in [0.25, 0.3) is 0 Å². The summed E-state index contributed by atoms with van der Waals surface area (Å²) in [5, 5.41) is 4.34. The van der Waals surface area contributed by atoms with E-state index in [1.54, 1.807) is 0 Å². The molecule has 0 aromatic carbocycles. The van der Waals surface area contributed by atoms with Gasteiger partial charge in [-0.1, -0.05) is 26.7 Å². The fraction of sp³-hybridized carbons (Fsp3) is 0.842. The highest BCUT2D eigenvalue weighted by molar-refractivity contribution is 7.89. The van der Waals surface area contributed by atoms with Gasteiger partial charge in [0.1, 0.15) is 0 Å². The molecule has 1 saturated carbocycles. The highest BCUT2D eigenvalue weighted by atomic mass is 32.2. The van der Waals surface area contributed by atoms with Gasteiger partial charge in [0.2, 0.25) is 10.0 Å². The standard InChI is InChI=1S/C19H34N4O3S/c1-15(2)13-27(24,25)21-18-7-5-6-8-19(18)14-23(9-10-26-19)12-17-11-20-22(4)16(17)3/h11,15,18,21H,5-10,12-14H2,1-4H3/t18-,19+/m0/s1. The lowest BCUT2D eigenvalue weighted by Gasteiger charge is -2.49. The molecule has 154 valence electrons. The predicted octanol–water partition coefficient (Wildman–Crippen LogP) is 1.82. The fourth-order valence-electron chi connectivity index (χ4n) is 4.40. The molecule has 2 atom stereocenters. The first-order valence-corrected chi connectivity index (χ1v) is 11.7. The Morgan fingerprint density at radius 1 is 1.41 bits per heavy atom. The summed E-state index contributed by atoms with van der Waals surface area (Å²) in [6.07, 6.45) is 5.81. The van der Waals surface area contributed by atoms with E-state index >= 15 is 0 Å². The Morgan fingerprint density at radius 2 is 2.19 bits per heavy atom. The Morgan fingerprint density at radius 3 is 2.85 bits per heavy atom. The van der Waals surface area contributed by atoms with E-state index in [0.29, 0.717) is 6.61 Å². The molecule has 3 rings (SSSR count). The molecule has 2 aliphatic rings. The van der Waals surface area contributed by atoms with Crippen LogP contribution in [-0.2, 0) is 28.4 Å². The second kappa shape index (κ2) is 8.19. The zero-order chi connectivity index (χ0) is 19.7. The maximum atomic E-state index is 12.6. The highest BCUT2D eigenvalue weighted by Gasteiger charge is 2.46. The Bertz CT molecular complexity index is 742. The largest absolute Gasteiger partial charge is 0.371 e. The van der Waals surface area contributed by atoms with E-state index in [-0.39, 0.29) is 17.7 Å². The summed E-state index contributed by atoms with van der Waals surface area (Å²) in [4.78, 5) is 2.39. The molecule has 1 aromatic rings. The van der Waals surface area contributed by atoms with Crippen LogP contribution < -0.4 is 4.72 Å². The predicted molar refractivity (Wildman–Crippen MR) is 106 cm³/mol. The lowest BCUT2D eigenvalue weighted by atomic mass is 9.79. The molecule has 2 fully saturated rings. The summed E-state index contributed by atoms with van der Waals surface area (Å²) < 4.78 is 36.3. The van der Waals surface area contributed by atoms with Crippen molar-refractivity contribution in [2.45, 2.75) is 64.6 Å². The van der Waals surface area contributed by atoms with Gasteiger partial charge in [0, 0.05) is 37.9 Å². The molecule has 0 amide bonds. The minimum Gasteiger partial charge on any atom is -0.371 e. The number of aryl methyl sites for hydroxylation is 1. The van der Waals surface area contributed by atoms with Crippen LogP contribution in [0.5, 0.6) is 0 Å². The van der Waals surface area contributed by atoms with E-state index in [9.17, 15) is 8.42 Å². The number of sulfonamides is 1. The molecule has 27 heavy (non-hydrogen) atoms. The Hall–Kier alpha value is -0.960. The molecule has 1 aromatic heterocycles. The molecular weight excluding hydrogens is 364 g/mol. The van der Waals surface area contributed by atoms with E-state index in [0.717, 1.165) is 45.3 Å². The van der Waals surface area contributed by atoms with Gasteiger partial charge < -0.3 is 4.74 Å². The molecule has 0 radical (unpaired) electrons. The van der Waals surface area contributed by atoms with Gasteiger partial charge in [-0.25, -0.2) is 13.1 Å². The van der Waals surface area contributed by atoms with E-state index in [4.69, 9.17) is 4.74 Å². The van der Waals surface area contributed by atoms with Crippen molar-refractivity contribution in [3.05, 3.63) is 17.5 Å². The van der Waals surface area contributed by atoms with Gasteiger partial charge in [-0.05, 0) is 25.7 Å². The average Bonchev–Trinajstić information content (AvgIpc) is 2.88. The van der Waals surface area contributed by atoms with Gasteiger partial charge >= 0.3 is 0 Å². The topological polar surface area (TPSA) is 76.5 Å². The van der Waals surface area contributed by atoms with E-state index in [2.05, 4.69) is 21.6 Å². The van der Waals surface area contributed by atoms with Crippen molar-refractivity contribution in [1.82, 2.24) is 19.4 Å². The average molecular weight is 399 g/mol. The highest BCUT2D eigenvalue weighted by Crippen LogP contribution is 2.36. The molecular formula is C19H34N4O3S. The number of hydrogen-bond acceptors (Lipinski definition) is 5. The van der Waals surface area contributed by atoms with Crippen LogP contribution in [0.2, 0.25) is 0 Å². The van der Waals surface area contributed by atoms with Crippen molar-refractivity contribution in [3.63, 3.8) is 0 Å².